The summed E-state index contributed by atoms with van der Waals surface area (Å²) in [4.78, 5) is 0. The third kappa shape index (κ3) is 1.10. The second kappa shape index (κ2) is 2.78. The van der Waals surface area contributed by atoms with Gasteiger partial charge in [0, 0.05) is 0 Å². The molecule has 0 atom stereocenters. The maximum Gasteiger partial charge on any atom is 0.192 e. The van der Waals surface area contributed by atoms with Crippen LogP contribution < -0.4 is 5.73 Å². The van der Waals surface area contributed by atoms with E-state index in [0.29, 0.717) is 11.3 Å². The molecule has 0 fully saturated rings. The lowest BCUT2D eigenvalue weighted by Gasteiger charge is -1.90. The van der Waals surface area contributed by atoms with E-state index >= 15 is 0 Å². The Bertz CT molecular complexity index is 461. The van der Waals surface area contributed by atoms with E-state index in [1.54, 1.807) is 12.1 Å². The van der Waals surface area contributed by atoms with Gasteiger partial charge in [0.1, 0.15) is 0 Å². The number of para-hydroxylation sites is 1. The molecule has 1 aromatic carbocycles. The van der Waals surface area contributed by atoms with Crippen molar-refractivity contribution in [2.45, 2.75) is 0 Å². The molecule has 1 heterocycles. The SMILES string of the molecule is NC(=NO)c1noc2ccccc12. The van der Waals surface area contributed by atoms with Crippen molar-refractivity contribution >= 4 is 16.8 Å². The fourth-order valence-electron chi connectivity index (χ4n) is 1.12. The van der Waals surface area contributed by atoms with E-state index in [2.05, 4.69) is 10.3 Å². The number of oxime groups is 1. The Morgan fingerprint density at radius 2 is 2.23 bits per heavy atom. The molecule has 13 heavy (non-hydrogen) atoms. The Kier molecular flexibility index (Phi) is 1.63. The molecule has 0 aliphatic rings. The van der Waals surface area contributed by atoms with E-state index in [1.165, 1.54) is 0 Å². The molecule has 0 unspecified atom stereocenters. The van der Waals surface area contributed by atoms with E-state index in [1.807, 2.05) is 12.1 Å². The van der Waals surface area contributed by atoms with Crippen LogP contribution in [0.3, 0.4) is 0 Å². The van der Waals surface area contributed by atoms with Crippen LogP contribution >= 0.6 is 0 Å². The van der Waals surface area contributed by atoms with Crippen molar-refractivity contribution in [1.82, 2.24) is 5.16 Å². The summed E-state index contributed by atoms with van der Waals surface area (Å²) in [6, 6.07) is 7.20. The molecule has 0 bridgehead atoms. The zero-order chi connectivity index (χ0) is 9.26. The van der Waals surface area contributed by atoms with Crippen LogP contribution in [0.4, 0.5) is 0 Å². The molecule has 3 N–H and O–H groups in total. The summed E-state index contributed by atoms with van der Waals surface area (Å²) in [5, 5.41) is 15.7. The van der Waals surface area contributed by atoms with Crippen LogP contribution in [0, 0.1) is 0 Å². The first-order valence-electron chi connectivity index (χ1n) is 3.65. The Hall–Kier alpha value is -2.04. The molecule has 2 rings (SSSR count). The molecule has 0 radical (unpaired) electrons. The normalized spacial score (nSPS) is 12.2. The molecule has 5 nitrogen and oxygen atoms in total. The molecule has 0 saturated heterocycles. The van der Waals surface area contributed by atoms with Gasteiger partial charge in [-0.05, 0) is 12.1 Å². The van der Waals surface area contributed by atoms with Crippen LogP contribution in [0.5, 0.6) is 0 Å². The summed E-state index contributed by atoms with van der Waals surface area (Å²) in [5.41, 5.74) is 6.36. The summed E-state index contributed by atoms with van der Waals surface area (Å²) in [7, 11) is 0. The van der Waals surface area contributed by atoms with Gasteiger partial charge in [-0.2, -0.15) is 0 Å². The molecular weight excluding hydrogens is 170 g/mol. The smallest absolute Gasteiger partial charge is 0.192 e. The highest BCUT2D eigenvalue weighted by Crippen LogP contribution is 2.16. The summed E-state index contributed by atoms with van der Waals surface area (Å²) in [6.07, 6.45) is 0. The predicted octanol–water partition coefficient (Wildman–Crippen LogP) is 0.922. The van der Waals surface area contributed by atoms with E-state index in [0.717, 1.165) is 5.39 Å². The molecular formula is C8H7N3O2. The summed E-state index contributed by atoms with van der Waals surface area (Å²) < 4.78 is 4.95. The van der Waals surface area contributed by atoms with Crippen molar-refractivity contribution in [2.75, 3.05) is 0 Å². The highest BCUT2D eigenvalue weighted by Gasteiger charge is 2.10. The number of amidine groups is 1. The number of hydrogen-bond acceptors (Lipinski definition) is 4. The van der Waals surface area contributed by atoms with Gasteiger partial charge in [0.15, 0.2) is 17.1 Å². The maximum absolute atomic E-state index is 8.45. The first-order valence-corrected chi connectivity index (χ1v) is 3.65. The topological polar surface area (TPSA) is 84.6 Å². The van der Waals surface area contributed by atoms with Gasteiger partial charge >= 0.3 is 0 Å². The van der Waals surface area contributed by atoms with Crippen LogP contribution in [-0.2, 0) is 0 Å². The second-order valence-corrected chi connectivity index (χ2v) is 2.51. The Balaban J connectivity index is 2.71. The van der Waals surface area contributed by atoms with Gasteiger partial charge in [0.05, 0.1) is 5.39 Å². The second-order valence-electron chi connectivity index (χ2n) is 2.51. The molecule has 66 valence electrons. The monoisotopic (exact) mass is 177 g/mol. The van der Waals surface area contributed by atoms with Crippen molar-refractivity contribution < 1.29 is 9.73 Å². The Labute approximate surface area is 73.4 Å². The summed E-state index contributed by atoms with van der Waals surface area (Å²) in [6.45, 7) is 0. The minimum Gasteiger partial charge on any atom is -0.409 e. The maximum atomic E-state index is 8.45. The highest BCUT2D eigenvalue weighted by atomic mass is 16.5. The van der Waals surface area contributed by atoms with Crippen molar-refractivity contribution in [3.8, 4) is 0 Å². The van der Waals surface area contributed by atoms with Gasteiger partial charge in [-0.3, -0.25) is 0 Å². The van der Waals surface area contributed by atoms with Crippen molar-refractivity contribution in [2.24, 2.45) is 10.9 Å². The zero-order valence-electron chi connectivity index (χ0n) is 6.64. The van der Waals surface area contributed by atoms with Gasteiger partial charge in [-0.25, -0.2) is 0 Å². The van der Waals surface area contributed by atoms with Crippen LogP contribution in [0.15, 0.2) is 33.9 Å². The van der Waals surface area contributed by atoms with Crippen LogP contribution in [0.2, 0.25) is 0 Å². The van der Waals surface area contributed by atoms with Crippen LogP contribution in [-0.4, -0.2) is 16.2 Å². The standard InChI is InChI=1S/C8H7N3O2/c9-8(10-12)7-5-3-1-2-4-6(5)13-11-7/h1-4,12H,(H2,9,10). The largest absolute Gasteiger partial charge is 0.409 e. The van der Waals surface area contributed by atoms with Gasteiger partial charge in [-0.15, -0.1) is 0 Å². The summed E-state index contributed by atoms with van der Waals surface area (Å²) >= 11 is 0. The third-order valence-corrected chi connectivity index (χ3v) is 1.73. The van der Waals surface area contributed by atoms with Crippen LogP contribution in [0.25, 0.3) is 11.0 Å². The van der Waals surface area contributed by atoms with Crippen molar-refractivity contribution in [3.63, 3.8) is 0 Å². The average molecular weight is 177 g/mol. The van der Waals surface area contributed by atoms with Crippen molar-refractivity contribution in [1.29, 1.82) is 0 Å². The van der Waals surface area contributed by atoms with Crippen molar-refractivity contribution in [3.05, 3.63) is 30.0 Å². The molecule has 2 aromatic rings. The minimum atomic E-state index is -0.0510. The van der Waals surface area contributed by atoms with Gasteiger partial charge in [0.2, 0.25) is 0 Å². The number of fused-ring (bicyclic) bond motifs is 1. The number of rotatable bonds is 1. The lowest BCUT2D eigenvalue weighted by atomic mass is 10.2. The molecule has 0 aliphatic carbocycles. The number of hydrogen-bond donors (Lipinski definition) is 2. The fourth-order valence-corrected chi connectivity index (χ4v) is 1.12. The fraction of sp³-hybridized carbons (Fsp3) is 0. The zero-order valence-corrected chi connectivity index (χ0v) is 6.64. The number of nitrogens with two attached hydrogens (primary N) is 1. The van der Waals surface area contributed by atoms with Gasteiger partial charge < -0.3 is 15.5 Å². The number of nitrogens with zero attached hydrogens (tertiary/aromatic N) is 2. The van der Waals surface area contributed by atoms with Crippen LogP contribution in [0.1, 0.15) is 5.69 Å². The Morgan fingerprint density at radius 1 is 1.46 bits per heavy atom. The first kappa shape index (κ1) is 7.60. The number of benzene rings is 1. The van der Waals surface area contributed by atoms with E-state index in [-0.39, 0.29) is 5.84 Å². The minimum absolute atomic E-state index is 0.0510. The summed E-state index contributed by atoms with van der Waals surface area (Å²) in [5.74, 6) is -0.0510. The molecule has 0 spiro atoms. The lowest BCUT2D eigenvalue weighted by Crippen LogP contribution is -2.13. The number of aromatic nitrogens is 1. The third-order valence-electron chi connectivity index (χ3n) is 1.73. The molecule has 5 heteroatoms. The first-order chi connectivity index (χ1) is 6.33. The van der Waals surface area contributed by atoms with E-state index in [4.69, 9.17) is 15.5 Å². The average Bonchev–Trinajstić information content (AvgIpc) is 2.60. The van der Waals surface area contributed by atoms with E-state index in [9.17, 15) is 0 Å². The molecule has 0 aliphatic heterocycles. The van der Waals surface area contributed by atoms with Gasteiger partial charge in [-0.1, -0.05) is 22.4 Å². The lowest BCUT2D eigenvalue weighted by molar-refractivity contribution is 0.318. The molecule has 0 saturated carbocycles. The van der Waals surface area contributed by atoms with Gasteiger partial charge in [0.25, 0.3) is 0 Å². The molecule has 1 aromatic heterocycles. The van der Waals surface area contributed by atoms with E-state index < -0.39 is 0 Å². The Morgan fingerprint density at radius 3 is 3.00 bits per heavy atom. The molecule has 0 amide bonds. The quantitative estimate of drug-likeness (QED) is 0.293. The highest BCUT2D eigenvalue weighted by molar-refractivity contribution is 6.05. The predicted molar refractivity (Wildman–Crippen MR) is 46.5 cm³/mol.